The maximum Gasteiger partial charge on any atom is 0.0209 e. The van der Waals surface area contributed by atoms with Crippen molar-refractivity contribution in [1.29, 1.82) is 0 Å². The van der Waals surface area contributed by atoms with Gasteiger partial charge in [-0.15, -0.1) is 0 Å². The molecule has 0 radical (unpaired) electrons. The van der Waals surface area contributed by atoms with Gasteiger partial charge in [-0.05, 0) is 44.9 Å². The molecule has 0 aliphatic carbocycles. The Bertz CT molecular complexity index is 367. The van der Waals surface area contributed by atoms with E-state index in [4.69, 9.17) is 0 Å². The van der Waals surface area contributed by atoms with E-state index >= 15 is 0 Å². The van der Waals surface area contributed by atoms with Crippen LogP contribution >= 0.6 is 22.6 Å². The van der Waals surface area contributed by atoms with Gasteiger partial charge in [0.15, 0.2) is 0 Å². The Morgan fingerprint density at radius 1 is 0.625 bits per heavy atom. The van der Waals surface area contributed by atoms with Crippen molar-refractivity contribution in [2.24, 2.45) is 17.3 Å². The Balaban J connectivity index is 2.80. The normalized spacial score (nSPS) is 22.5. The summed E-state index contributed by atoms with van der Waals surface area (Å²) in [5.41, 5.74) is 0.846. The summed E-state index contributed by atoms with van der Waals surface area (Å²) in [6.07, 6.45) is 0. The van der Waals surface area contributed by atoms with Crippen molar-refractivity contribution in [3.05, 3.63) is 0 Å². The molecular formula is C21H43IN2. The molecule has 0 aromatic heterocycles. The van der Waals surface area contributed by atoms with Gasteiger partial charge < -0.3 is 0 Å². The zero-order valence-electron chi connectivity index (χ0n) is 18.3. The predicted octanol–water partition coefficient (Wildman–Crippen LogP) is 5.69. The van der Waals surface area contributed by atoms with Crippen molar-refractivity contribution in [1.82, 2.24) is 9.80 Å². The van der Waals surface area contributed by atoms with Crippen LogP contribution < -0.4 is 0 Å². The average Bonchev–Trinajstić information content (AvgIpc) is 2.43. The number of halogens is 1. The van der Waals surface area contributed by atoms with E-state index in [1.54, 1.807) is 0 Å². The van der Waals surface area contributed by atoms with Crippen LogP contribution in [0, 0.1) is 17.3 Å². The number of nitrogens with zero attached hydrogens (tertiary/aromatic N) is 2. The fraction of sp³-hybridized carbons (Fsp3) is 1.00. The largest absolute Gasteiger partial charge is 0.295 e. The standard InChI is InChI=1S/C21H43IN2/c1-16(18(3,4)5)20(8,9)23-12-14-24(15-13-23)21(10,11)17(2)19(6,7)22/h16-17H,12-15H2,1-11H3. The van der Waals surface area contributed by atoms with Crippen LogP contribution in [0.25, 0.3) is 0 Å². The van der Waals surface area contributed by atoms with E-state index in [2.05, 4.69) is 109 Å². The van der Waals surface area contributed by atoms with Gasteiger partial charge in [0.1, 0.15) is 0 Å². The van der Waals surface area contributed by atoms with Crippen LogP contribution in [0.1, 0.15) is 76.2 Å². The van der Waals surface area contributed by atoms with Gasteiger partial charge in [-0.3, -0.25) is 9.80 Å². The van der Waals surface area contributed by atoms with E-state index in [1.807, 2.05) is 0 Å². The molecule has 3 heteroatoms. The Labute approximate surface area is 166 Å². The lowest BCUT2D eigenvalue weighted by Gasteiger charge is -2.54. The van der Waals surface area contributed by atoms with Crippen LogP contribution in [0.5, 0.6) is 0 Å². The van der Waals surface area contributed by atoms with E-state index in [0.717, 1.165) is 0 Å². The van der Waals surface area contributed by atoms with E-state index in [9.17, 15) is 0 Å². The first-order valence-corrected chi connectivity index (χ1v) is 10.8. The molecule has 144 valence electrons. The number of rotatable bonds is 5. The maximum atomic E-state index is 2.73. The van der Waals surface area contributed by atoms with Crippen LogP contribution in [0.15, 0.2) is 0 Å². The summed E-state index contributed by atoms with van der Waals surface area (Å²) in [5.74, 6) is 1.32. The molecule has 24 heavy (non-hydrogen) atoms. The minimum Gasteiger partial charge on any atom is -0.295 e. The first kappa shape index (κ1) is 22.7. The molecule has 1 heterocycles. The van der Waals surface area contributed by atoms with Crippen LogP contribution in [-0.4, -0.2) is 50.5 Å². The van der Waals surface area contributed by atoms with Crippen molar-refractivity contribution in [3.8, 4) is 0 Å². The molecule has 0 bridgehead atoms. The van der Waals surface area contributed by atoms with Gasteiger partial charge in [0.25, 0.3) is 0 Å². The fourth-order valence-corrected chi connectivity index (χ4v) is 5.07. The monoisotopic (exact) mass is 450 g/mol. The molecule has 2 unspecified atom stereocenters. The van der Waals surface area contributed by atoms with Crippen LogP contribution in [0.3, 0.4) is 0 Å². The zero-order valence-corrected chi connectivity index (χ0v) is 20.4. The topological polar surface area (TPSA) is 6.48 Å². The molecular weight excluding hydrogens is 407 g/mol. The van der Waals surface area contributed by atoms with Crippen molar-refractivity contribution in [2.75, 3.05) is 26.2 Å². The van der Waals surface area contributed by atoms with Crippen molar-refractivity contribution < 1.29 is 0 Å². The van der Waals surface area contributed by atoms with Crippen LogP contribution in [0.4, 0.5) is 0 Å². The Hall–Kier alpha value is 0.650. The summed E-state index contributed by atoms with van der Waals surface area (Å²) in [6, 6.07) is 0. The third-order valence-electron chi connectivity index (χ3n) is 7.36. The Morgan fingerprint density at radius 3 is 1.17 bits per heavy atom. The summed E-state index contributed by atoms with van der Waals surface area (Å²) in [7, 11) is 0. The molecule has 0 aromatic rings. The highest BCUT2D eigenvalue weighted by molar-refractivity contribution is 14.1. The second kappa shape index (κ2) is 7.34. The summed E-state index contributed by atoms with van der Waals surface area (Å²) in [4.78, 5) is 5.46. The lowest BCUT2D eigenvalue weighted by atomic mass is 9.70. The quantitative estimate of drug-likeness (QED) is 0.392. The van der Waals surface area contributed by atoms with Gasteiger partial charge in [0, 0.05) is 40.7 Å². The molecule has 2 atom stereocenters. The molecule has 1 aliphatic heterocycles. The third kappa shape index (κ3) is 4.88. The SMILES string of the molecule is CC(C(C)(C)C)C(C)(C)N1CCN(C(C)(C)C(C)C(C)(C)I)CC1. The van der Waals surface area contributed by atoms with Gasteiger partial charge in [-0.25, -0.2) is 0 Å². The average molecular weight is 450 g/mol. The molecule has 0 spiro atoms. The summed E-state index contributed by atoms with van der Waals surface area (Å²) in [6.45, 7) is 31.2. The van der Waals surface area contributed by atoms with Crippen molar-refractivity contribution in [2.45, 2.75) is 90.7 Å². The highest BCUT2D eigenvalue weighted by Crippen LogP contribution is 2.41. The highest BCUT2D eigenvalue weighted by atomic mass is 127. The van der Waals surface area contributed by atoms with Gasteiger partial charge in [0.05, 0.1) is 0 Å². The summed E-state index contributed by atoms with van der Waals surface area (Å²) >= 11 is 2.62. The van der Waals surface area contributed by atoms with Gasteiger partial charge >= 0.3 is 0 Å². The van der Waals surface area contributed by atoms with E-state index < -0.39 is 0 Å². The van der Waals surface area contributed by atoms with Crippen molar-refractivity contribution >= 4 is 22.6 Å². The number of hydrogen-bond donors (Lipinski definition) is 0. The lowest BCUT2D eigenvalue weighted by molar-refractivity contribution is -0.0457. The van der Waals surface area contributed by atoms with Crippen molar-refractivity contribution in [3.63, 3.8) is 0 Å². The van der Waals surface area contributed by atoms with Gasteiger partial charge in [0.2, 0.25) is 0 Å². The maximum absolute atomic E-state index is 2.73. The number of alkyl halides is 1. The highest BCUT2D eigenvalue weighted by Gasteiger charge is 2.44. The minimum atomic E-state index is 0.247. The number of hydrogen-bond acceptors (Lipinski definition) is 2. The second-order valence-corrected chi connectivity index (χ2v) is 13.4. The molecule has 1 rings (SSSR count). The Kier molecular flexibility index (Phi) is 6.94. The minimum absolute atomic E-state index is 0.247. The van der Waals surface area contributed by atoms with Gasteiger partial charge in [-0.2, -0.15) is 0 Å². The smallest absolute Gasteiger partial charge is 0.0209 e. The first-order chi connectivity index (χ1) is 10.5. The molecule has 0 aromatic carbocycles. The van der Waals surface area contributed by atoms with Gasteiger partial charge in [-0.1, -0.05) is 71.1 Å². The van der Waals surface area contributed by atoms with Crippen LogP contribution in [0.2, 0.25) is 0 Å². The second-order valence-electron chi connectivity index (χ2n) is 10.7. The van der Waals surface area contributed by atoms with E-state index in [1.165, 1.54) is 26.2 Å². The van der Waals surface area contributed by atoms with E-state index in [-0.39, 0.29) is 11.1 Å². The fourth-order valence-electron chi connectivity index (χ4n) is 4.31. The molecule has 1 saturated heterocycles. The van der Waals surface area contributed by atoms with Crippen LogP contribution in [-0.2, 0) is 0 Å². The molecule has 0 saturated carbocycles. The number of piperazine rings is 1. The zero-order chi connectivity index (χ0) is 19.1. The molecule has 0 amide bonds. The van der Waals surface area contributed by atoms with E-state index in [0.29, 0.717) is 20.7 Å². The predicted molar refractivity (Wildman–Crippen MR) is 117 cm³/mol. The molecule has 1 aliphatic rings. The summed E-state index contributed by atoms with van der Waals surface area (Å²) in [5, 5.41) is 0. The molecule has 2 nitrogen and oxygen atoms in total. The lowest BCUT2D eigenvalue weighted by Crippen LogP contribution is -2.63. The first-order valence-electron chi connectivity index (χ1n) is 9.71. The Morgan fingerprint density at radius 2 is 0.917 bits per heavy atom. The summed E-state index contributed by atoms with van der Waals surface area (Å²) < 4.78 is 0.318. The molecule has 0 N–H and O–H groups in total. The molecule has 1 fully saturated rings. The third-order valence-corrected chi connectivity index (χ3v) is 8.29.